The molecule has 1 fully saturated rings. The number of rotatable bonds is 9. The quantitative estimate of drug-likeness (QED) is 0.627. The first kappa shape index (κ1) is 22.8. The van der Waals surface area contributed by atoms with E-state index in [9.17, 15) is 9.59 Å². The molecule has 166 valence electrons. The van der Waals surface area contributed by atoms with E-state index in [-0.39, 0.29) is 17.7 Å². The molecule has 2 aromatic carbocycles. The van der Waals surface area contributed by atoms with E-state index in [1.165, 1.54) is 0 Å². The zero-order valence-electron chi connectivity index (χ0n) is 18.5. The first-order valence-corrected chi connectivity index (χ1v) is 11.0. The van der Waals surface area contributed by atoms with Crippen molar-refractivity contribution in [3.8, 4) is 5.75 Å². The van der Waals surface area contributed by atoms with Crippen LogP contribution in [0.3, 0.4) is 0 Å². The molecule has 6 heteroatoms. The van der Waals surface area contributed by atoms with Crippen molar-refractivity contribution in [2.45, 2.75) is 26.2 Å². The molecule has 1 heterocycles. The van der Waals surface area contributed by atoms with Crippen molar-refractivity contribution in [2.24, 2.45) is 5.92 Å². The Balaban J connectivity index is 1.32. The molecule has 1 aliphatic heterocycles. The molecule has 0 aromatic heterocycles. The largest absolute Gasteiger partial charge is 0.493 e. The molecule has 1 aliphatic rings. The van der Waals surface area contributed by atoms with Gasteiger partial charge in [-0.25, -0.2) is 0 Å². The zero-order chi connectivity index (χ0) is 22.1. The maximum Gasteiger partial charge on any atom is 0.236 e. The molecule has 3 rings (SSSR count). The van der Waals surface area contributed by atoms with E-state index in [0.29, 0.717) is 39.1 Å². The fourth-order valence-electron chi connectivity index (χ4n) is 3.80. The minimum absolute atomic E-state index is 0.0411. The van der Waals surface area contributed by atoms with Gasteiger partial charge >= 0.3 is 0 Å². The summed E-state index contributed by atoms with van der Waals surface area (Å²) in [5.41, 5.74) is 1.95. The number of benzene rings is 2. The molecule has 0 atom stereocenters. The normalized spacial score (nSPS) is 14.5. The van der Waals surface area contributed by atoms with Gasteiger partial charge in [0.2, 0.25) is 11.8 Å². The minimum Gasteiger partial charge on any atom is -0.493 e. The molecule has 0 bridgehead atoms. The van der Waals surface area contributed by atoms with Crippen molar-refractivity contribution in [2.75, 3.05) is 45.2 Å². The number of carbonyl (C=O) groups is 2. The third-order valence-corrected chi connectivity index (χ3v) is 5.70. The van der Waals surface area contributed by atoms with Crippen LogP contribution in [0.15, 0.2) is 54.6 Å². The molecule has 0 radical (unpaired) electrons. The van der Waals surface area contributed by atoms with E-state index in [1.54, 1.807) is 0 Å². The van der Waals surface area contributed by atoms with Gasteiger partial charge in [-0.3, -0.25) is 14.5 Å². The molecule has 2 amide bonds. The maximum atomic E-state index is 12.6. The highest BCUT2D eigenvalue weighted by Gasteiger charge is 2.27. The molecule has 0 aliphatic carbocycles. The number of nitrogens with one attached hydrogen (secondary N) is 1. The van der Waals surface area contributed by atoms with Gasteiger partial charge in [-0.2, -0.15) is 0 Å². The van der Waals surface area contributed by atoms with Crippen LogP contribution in [0, 0.1) is 12.8 Å². The van der Waals surface area contributed by atoms with Gasteiger partial charge in [-0.15, -0.1) is 0 Å². The number of nitrogens with zero attached hydrogens (tertiary/aromatic N) is 2. The molecule has 0 unspecified atom stereocenters. The highest BCUT2D eigenvalue weighted by atomic mass is 16.5. The molecule has 0 saturated carbocycles. The Bertz CT molecular complexity index is 848. The Labute approximate surface area is 185 Å². The molecular formula is C25H33N3O3. The van der Waals surface area contributed by atoms with Gasteiger partial charge in [0.05, 0.1) is 13.2 Å². The van der Waals surface area contributed by atoms with Crippen LogP contribution in [0.2, 0.25) is 0 Å². The molecule has 2 aromatic rings. The number of hydrogen-bond acceptors (Lipinski definition) is 4. The van der Waals surface area contributed by atoms with Crippen molar-refractivity contribution in [1.82, 2.24) is 9.80 Å². The van der Waals surface area contributed by atoms with Gasteiger partial charge in [0.15, 0.2) is 0 Å². The number of ether oxygens (including phenoxy) is 1. The van der Waals surface area contributed by atoms with Gasteiger partial charge in [0.25, 0.3) is 0 Å². The van der Waals surface area contributed by atoms with Crippen molar-refractivity contribution < 1.29 is 14.3 Å². The van der Waals surface area contributed by atoms with Gasteiger partial charge in [-0.1, -0.05) is 36.4 Å². The standard InChI is InChI=1S/C25H33N3O3/c1-20-9-6-7-12-23(20)31-18-8-15-27(2)19-24(29)28-16-13-21(14-17-28)25(30)26-22-10-4-3-5-11-22/h3-7,9-12,21H,8,13-19H2,1-2H3,(H,26,30). The smallest absolute Gasteiger partial charge is 0.236 e. The van der Waals surface area contributed by atoms with E-state index in [0.717, 1.165) is 30.0 Å². The predicted molar refractivity (Wildman–Crippen MR) is 123 cm³/mol. The summed E-state index contributed by atoms with van der Waals surface area (Å²) in [4.78, 5) is 29.0. The van der Waals surface area contributed by atoms with Crippen LogP contribution in [-0.2, 0) is 9.59 Å². The summed E-state index contributed by atoms with van der Waals surface area (Å²) in [6, 6.07) is 17.5. The number of likely N-dealkylation sites (N-methyl/N-ethyl adjacent to an activating group) is 1. The second kappa shape index (κ2) is 11.5. The van der Waals surface area contributed by atoms with Crippen LogP contribution in [-0.4, -0.2) is 61.4 Å². The third-order valence-electron chi connectivity index (χ3n) is 5.70. The lowest BCUT2D eigenvalue weighted by Gasteiger charge is -2.32. The Morgan fingerprint density at radius 2 is 1.74 bits per heavy atom. The topological polar surface area (TPSA) is 61.9 Å². The predicted octanol–water partition coefficient (Wildman–Crippen LogP) is 3.57. The van der Waals surface area contributed by atoms with Gasteiger partial charge < -0.3 is 15.0 Å². The Morgan fingerprint density at radius 3 is 2.45 bits per heavy atom. The summed E-state index contributed by atoms with van der Waals surface area (Å²) in [7, 11) is 1.96. The summed E-state index contributed by atoms with van der Waals surface area (Å²) in [6.45, 7) is 5.13. The van der Waals surface area contributed by atoms with Crippen molar-refractivity contribution >= 4 is 17.5 Å². The van der Waals surface area contributed by atoms with Crippen LogP contribution in [0.4, 0.5) is 5.69 Å². The van der Waals surface area contributed by atoms with Crippen molar-refractivity contribution in [3.63, 3.8) is 0 Å². The summed E-state index contributed by atoms with van der Waals surface area (Å²) in [5.74, 6) is 1.05. The van der Waals surface area contributed by atoms with E-state index in [2.05, 4.69) is 5.32 Å². The highest BCUT2D eigenvalue weighted by Crippen LogP contribution is 2.20. The number of likely N-dealkylation sites (tertiary alicyclic amines) is 1. The second-order valence-corrected chi connectivity index (χ2v) is 8.22. The molecule has 1 saturated heterocycles. The number of aryl methyl sites for hydroxylation is 1. The summed E-state index contributed by atoms with van der Waals surface area (Å²) >= 11 is 0. The number of amides is 2. The number of piperidine rings is 1. The first-order valence-electron chi connectivity index (χ1n) is 11.0. The molecule has 31 heavy (non-hydrogen) atoms. The molecule has 0 spiro atoms. The highest BCUT2D eigenvalue weighted by molar-refractivity contribution is 5.92. The zero-order valence-corrected chi connectivity index (χ0v) is 18.5. The number of carbonyl (C=O) groups excluding carboxylic acids is 2. The van der Waals surface area contributed by atoms with E-state index in [4.69, 9.17) is 4.74 Å². The molecular weight excluding hydrogens is 390 g/mol. The van der Waals surface area contributed by atoms with E-state index >= 15 is 0 Å². The Kier molecular flexibility index (Phi) is 8.47. The molecule has 1 N–H and O–H groups in total. The number of para-hydroxylation sites is 2. The van der Waals surface area contributed by atoms with Crippen LogP contribution in [0.5, 0.6) is 5.75 Å². The lowest BCUT2D eigenvalue weighted by molar-refractivity contribution is -0.135. The fourth-order valence-corrected chi connectivity index (χ4v) is 3.80. The van der Waals surface area contributed by atoms with Crippen LogP contribution >= 0.6 is 0 Å². The maximum absolute atomic E-state index is 12.6. The van der Waals surface area contributed by atoms with Crippen LogP contribution < -0.4 is 10.1 Å². The van der Waals surface area contributed by atoms with E-state index < -0.39 is 0 Å². The summed E-state index contributed by atoms with van der Waals surface area (Å²) < 4.78 is 5.83. The fraction of sp³-hybridized carbons (Fsp3) is 0.440. The third kappa shape index (κ3) is 7.10. The summed E-state index contributed by atoms with van der Waals surface area (Å²) in [5, 5.41) is 2.97. The second-order valence-electron chi connectivity index (χ2n) is 8.22. The number of hydrogen-bond donors (Lipinski definition) is 1. The van der Waals surface area contributed by atoms with Crippen LogP contribution in [0.1, 0.15) is 24.8 Å². The lowest BCUT2D eigenvalue weighted by Crippen LogP contribution is -2.45. The lowest BCUT2D eigenvalue weighted by atomic mass is 9.95. The van der Waals surface area contributed by atoms with Crippen molar-refractivity contribution in [1.29, 1.82) is 0 Å². The number of anilines is 1. The van der Waals surface area contributed by atoms with Crippen molar-refractivity contribution in [3.05, 3.63) is 60.2 Å². The van der Waals surface area contributed by atoms with Gasteiger partial charge in [0, 0.05) is 31.2 Å². The Morgan fingerprint density at radius 1 is 1.06 bits per heavy atom. The first-order chi connectivity index (χ1) is 15.0. The average Bonchev–Trinajstić information content (AvgIpc) is 2.78. The SMILES string of the molecule is Cc1ccccc1OCCCN(C)CC(=O)N1CCC(C(=O)Nc2ccccc2)CC1. The summed E-state index contributed by atoms with van der Waals surface area (Å²) in [6.07, 6.45) is 2.27. The van der Waals surface area contributed by atoms with Crippen LogP contribution in [0.25, 0.3) is 0 Å². The van der Waals surface area contributed by atoms with Gasteiger partial charge in [0.1, 0.15) is 5.75 Å². The van der Waals surface area contributed by atoms with E-state index in [1.807, 2.05) is 78.4 Å². The monoisotopic (exact) mass is 423 g/mol. The Hall–Kier alpha value is -2.86. The molecule has 6 nitrogen and oxygen atoms in total. The van der Waals surface area contributed by atoms with Gasteiger partial charge in [-0.05, 0) is 57.0 Å². The average molecular weight is 424 g/mol. The minimum atomic E-state index is -0.0411.